The Bertz CT molecular complexity index is 516. The van der Waals surface area contributed by atoms with Gasteiger partial charge in [-0.3, -0.25) is 9.51 Å². The Morgan fingerprint density at radius 1 is 1.50 bits per heavy atom. The standard InChI is InChI=1S/C9H7FN2O2/c1-5-2-3-7(10)6(4-5)8-11-9(13)14-12-8/h2-4H,1H3,(H,11,12,13). The van der Waals surface area contributed by atoms with E-state index in [4.69, 9.17) is 0 Å². The Hall–Kier alpha value is -1.91. The molecule has 0 bridgehead atoms. The van der Waals surface area contributed by atoms with Crippen LogP contribution >= 0.6 is 0 Å². The molecule has 0 saturated carbocycles. The van der Waals surface area contributed by atoms with E-state index in [2.05, 4.69) is 14.7 Å². The van der Waals surface area contributed by atoms with E-state index < -0.39 is 11.6 Å². The van der Waals surface area contributed by atoms with Gasteiger partial charge in [-0.15, -0.1) is 0 Å². The maximum Gasteiger partial charge on any atom is 0.439 e. The van der Waals surface area contributed by atoms with Crippen molar-refractivity contribution >= 4 is 0 Å². The lowest BCUT2D eigenvalue weighted by atomic mass is 10.1. The minimum absolute atomic E-state index is 0.108. The molecular weight excluding hydrogens is 187 g/mol. The first kappa shape index (κ1) is 8.68. The fraction of sp³-hybridized carbons (Fsp3) is 0.111. The number of hydrogen-bond acceptors (Lipinski definition) is 3. The van der Waals surface area contributed by atoms with Crippen LogP contribution in [0.5, 0.6) is 0 Å². The molecule has 72 valence electrons. The number of H-pyrrole nitrogens is 1. The number of hydrogen-bond donors (Lipinski definition) is 1. The number of aromatic amines is 1. The molecule has 0 aliphatic carbocycles. The van der Waals surface area contributed by atoms with Crippen molar-refractivity contribution in [3.63, 3.8) is 0 Å². The highest BCUT2D eigenvalue weighted by molar-refractivity contribution is 5.55. The van der Waals surface area contributed by atoms with Crippen molar-refractivity contribution in [1.29, 1.82) is 0 Å². The lowest BCUT2D eigenvalue weighted by Gasteiger charge is -1.98. The van der Waals surface area contributed by atoms with Gasteiger partial charge in [-0.25, -0.2) is 9.18 Å². The molecule has 0 aliphatic heterocycles. The molecule has 14 heavy (non-hydrogen) atoms. The second-order valence-electron chi connectivity index (χ2n) is 2.93. The van der Waals surface area contributed by atoms with Crippen molar-refractivity contribution in [1.82, 2.24) is 10.1 Å². The highest BCUT2D eigenvalue weighted by Gasteiger charge is 2.09. The quantitative estimate of drug-likeness (QED) is 0.747. The van der Waals surface area contributed by atoms with Crippen LogP contribution in [-0.2, 0) is 0 Å². The Kier molecular flexibility index (Phi) is 1.92. The predicted molar refractivity (Wildman–Crippen MR) is 47.3 cm³/mol. The SMILES string of the molecule is Cc1ccc(F)c(-c2noc(=O)[nH]2)c1. The summed E-state index contributed by atoms with van der Waals surface area (Å²) in [4.78, 5) is 12.9. The predicted octanol–water partition coefficient (Wildman–Crippen LogP) is 1.48. The van der Waals surface area contributed by atoms with Crippen molar-refractivity contribution in [3.05, 3.63) is 40.1 Å². The van der Waals surface area contributed by atoms with Gasteiger partial charge in [0.25, 0.3) is 0 Å². The molecule has 1 aromatic heterocycles. The third-order valence-corrected chi connectivity index (χ3v) is 1.82. The van der Waals surface area contributed by atoms with Gasteiger partial charge < -0.3 is 0 Å². The van der Waals surface area contributed by atoms with E-state index in [1.54, 1.807) is 12.1 Å². The molecule has 5 heteroatoms. The van der Waals surface area contributed by atoms with Gasteiger partial charge in [0, 0.05) is 0 Å². The molecule has 0 fully saturated rings. The Morgan fingerprint density at radius 2 is 2.29 bits per heavy atom. The van der Waals surface area contributed by atoms with E-state index in [-0.39, 0.29) is 11.4 Å². The minimum Gasteiger partial charge on any atom is -0.296 e. The molecular formula is C9H7FN2O2. The highest BCUT2D eigenvalue weighted by Crippen LogP contribution is 2.18. The van der Waals surface area contributed by atoms with E-state index >= 15 is 0 Å². The molecule has 0 spiro atoms. The van der Waals surface area contributed by atoms with Crippen LogP contribution in [0.2, 0.25) is 0 Å². The molecule has 1 N–H and O–H groups in total. The summed E-state index contributed by atoms with van der Waals surface area (Å²) in [6.07, 6.45) is 0. The van der Waals surface area contributed by atoms with Crippen molar-refractivity contribution in [3.8, 4) is 11.4 Å². The first-order chi connectivity index (χ1) is 6.66. The lowest BCUT2D eigenvalue weighted by molar-refractivity contribution is 0.387. The van der Waals surface area contributed by atoms with Crippen LogP contribution in [0, 0.1) is 12.7 Å². The molecule has 0 radical (unpaired) electrons. The summed E-state index contributed by atoms with van der Waals surface area (Å²) >= 11 is 0. The third-order valence-electron chi connectivity index (χ3n) is 1.82. The van der Waals surface area contributed by atoms with Gasteiger partial charge in [-0.05, 0) is 19.1 Å². The molecule has 0 amide bonds. The number of aromatic nitrogens is 2. The van der Waals surface area contributed by atoms with Crippen LogP contribution in [0.3, 0.4) is 0 Å². The van der Waals surface area contributed by atoms with Crippen LogP contribution in [0.25, 0.3) is 11.4 Å². The van der Waals surface area contributed by atoms with Gasteiger partial charge >= 0.3 is 5.76 Å². The Balaban J connectivity index is 2.61. The molecule has 0 saturated heterocycles. The smallest absolute Gasteiger partial charge is 0.296 e. The Labute approximate surface area is 78.4 Å². The molecule has 2 aromatic rings. The van der Waals surface area contributed by atoms with Crippen molar-refractivity contribution in [2.45, 2.75) is 6.92 Å². The summed E-state index contributed by atoms with van der Waals surface area (Å²) in [6.45, 7) is 1.82. The summed E-state index contributed by atoms with van der Waals surface area (Å²) in [6, 6.07) is 4.54. The molecule has 1 aromatic carbocycles. The fourth-order valence-corrected chi connectivity index (χ4v) is 1.17. The largest absolute Gasteiger partial charge is 0.439 e. The summed E-state index contributed by atoms with van der Waals surface area (Å²) < 4.78 is 17.5. The number of nitrogens with zero attached hydrogens (tertiary/aromatic N) is 1. The summed E-state index contributed by atoms with van der Waals surface area (Å²) in [7, 11) is 0. The van der Waals surface area contributed by atoms with Gasteiger partial charge in [0.2, 0.25) is 0 Å². The topological polar surface area (TPSA) is 58.9 Å². The van der Waals surface area contributed by atoms with Crippen molar-refractivity contribution in [2.24, 2.45) is 0 Å². The van der Waals surface area contributed by atoms with E-state index in [9.17, 15) is 9.18 Å². The normalized spacial score (nSPS) is 10.4. The zero-order valence-corrected chi connectivity index (χ0v) is 7.37. The second kappa shape index (κ2) is 3.10. The number of halogens is 1. The Morgan fingerprint density at radius 3 is 2.93 bits per heavy atom. The summed E-state index contributed by atoms with van der Waals surface area (Å²) in [5, 5.41) is 3.40. The number of aryl methyl sites for hydroxylation is 1. The monoisotopic (exact) mass is 194 g/mol. The van der Waals surface area contributed by atoms with E-state index in [0.717, 1.165) is 5.56 Å². The van der Waals surface area contributed by atoms with Crippen molar-refractivity contribution in [2.75, 3.05) is 0 Å². The van der Waals surface area contributed by atoms with E-state index in [1.165, 1.54) is 6.07 Å². The van der Waals surface area contributed by atoms with E-state index in [0.29, 0.717) is 0 Å². The van der Waals surface area contributed by atoms with Gasteiger partial charge in [-0.2, -0.15) is 0 Å². The van der Waals surface area contributed by atoms with Crippen LogP contribution in [0.4, 0.5) is 4.39 Å². The maximum atomic E-state index is 13.3. The number of rotatable bonds is 1. The molecule has 0 atom stereocenters. The maximum absolute atomic E-state index is 13.3. The van der Waals surface area contributed by atoms with Gasteiger partial charge in [0.15, 0.2) is 5.82 Å². The fourth-order valence-electron chi connectivity index (χ4n) is 1.17. The van der Waals surface area contributed by atoms with E-state index in [1.807, 2.05) is 6.92 Å². The average Bonchev–Trinajstić information content (AvgIpc) is 2.56. The molecule has 4 nitrogen and oxygen atoms in total. The first-order valence-electron chi connectivity index (χ1n) is 3.99. The minimum atomic E-state index is -0.694. The average molecular weight is 194 g/mol. The lowest BCUT2D eigenvalue weighted by Crippen LogP contribution is -1.95. The van der Waals surface area contributed by atoms with Crippen LogP contribution in [0.1, 0.15) is 5.56 Å². The highest BCUT2D eigenvalue weighted by atomic mass is 19.1. The van der Waals surface area contributed by atoms with Crippen LogP contribution < -0.4 is 5.76 Å². The molecule has 0 unspecified atom stereocenters. The summed E-state index contributed by atoms with van der Waals surface area (Å²) in [5.41, 5.74) is 1.11. The van der Waals surface area contributed by atoms with Crippen LogP contribution in [-0.4, -0.2) is 10.1 Å². The number of nitrogens with one attached hydrogen (secondary N) is 1. The number of benzene rings is 1. The first-order valence-corrected chi connectivity index (χ1v) is 3.99. The van der Waals surface area contributed by atoms with Crippen LogP contribution in [0.15, 0.2) is 27.5 Å². The molecule has 2 rings (SSSR count). The zero-order chi connectivity index (χ0) is 10.1. The summed E-state index contributed by atoms with van der Waals surface area (Å²) in [5.74, 6) is -1.03. The van der Waals surface area contributed by atoms with Crippen molar-refractivity contribution < 1.29 is 8.91 Å². The molecule has 0 aliphatic rings. The van der Waals surface area contributed by atoms with Gasteiger partial charge in [-0.1, -0.05) is 16.8 Å². The second-order valence-corrected chi connectivity index (χ2v) is 2.93. The molecule has 1 heterocycles. The third kappa shape index (κ3) is 1.44. The zero-order valence-electron chi connectivity index (χ0n) is 7.37. The van der Waals surface area contributed by atoms with Gasteiger partial charge in [0.1, 0.15) is 5.82 Å². The van der Waals surface area contributed by atoms with Gasteiger partial charge in [0.05, 0.1) is 5.56 Å².